The van der Waals surface area contributed by atoms with E-state index < -0.39 is 17.6 Å². The van der Waals surface area contributed by atoms with Crippen LogP contribution in [0.25, 0.3) is 0 Å². The van der Waals surface area contributed by atoms with Gasteiger partial charge < -0.3 is 5.32 Å². The quantitative estimate of drug-likeness (QED) is 0.807. The van der Waals surface area contributed by atoms with E-state index in [1.54, 1.807) is 0 Å². The summed E-state index contributed by atoms with van der Waals surface area (Å²) in [4.78, 5) is 12.4. The van der Waals surface area contributed by atoms with Crippen LogP contribution in [0, 0.1) is 6.92 Å². The van der Waals surface area contributed by atoms with Crippen molar-refractivity contribution in [3.63, 3.8) is 0 Å². The SMILES string of the molecule is Cc1cccc(C(C)C)c1NC(=O)c1ccccc1C(F)(F)F. The third-order valence-corrected chi connectivity index (χ3v) is 3.64. The van der Waals surface area contributed by atoms with E-state index in [0.29, 0.717) is 5.69 Å². The minimum absolute atomic E-state index is 0.142. The third-order valence-electron chi connectivity index (χ3n) is 3.64. The van der Waals surface area contributed by atoms with Crippen LogP contribution in [-0.2, 0) is 6.18 Å². The van der Waals surface area contributed by atoms with Crippen LogP contribution in [0.3, 0.4) is 0 Å². The number of nitrogens with one attached hydrogen (secondary N) is 1. The summed E-state index contributed by atoms with van der Waals surface area (Å²) in [5.74, 6) is -0.614. The van der Waals surface area contributed by atoms with Crippen molar-refractivity contribution >= 4 is 11.6 Å². The normalized spacial score (nSPS) is 11.6. The fourth-order valence-electron chi connectivity index (χ4n) is 2.45. The largest absolute Gasteiger partial charge is 0.417 e. The summed E-state index contributed by atoms with van der Waals surface area (Å²) in [6.07, 6.45) is -4.57. The lowest BCUT2D eigenvalue weighted by molar-refractivity contribution is -0.137. The number of anilines is 1. The molecule has 2 nitrogen and oxygen atoms in total. The van der Waals surface area contributed by atoms with E-state index in [2.05, 4.69) is 5.32 Å². The number of halogens is 3. The molecule has 122 valence electrons. The second kappa shape index (κ2) is 6.44. The first-order valence-corrected chi connectivity index (χ1v) is 7.29. The molecule has 2 aromatic carbocycles. The van der Waals surface area contributed by atoms with Crippen molar-refractivity contribution in [2.45, 2.75) is 32.9 Å². The van der Waals surface area contributed by atoms with Crippen LogP contribution in [-0.4, -0.2) is 5.91 Å². The highest BCUT2D eigenvalue weighted by atomic mass is 19.4. The van der Waals surface area contributed by atoms with Crippen LogP contribution in [0.15, 0.2) is 42.5 Å². The van der Waals surface area contributed by atoms with Gasteiger partial charge in [-0.2, -0.15) is 13.2 Å². The van der Waals surface area contributed by atoms with Crippen LogP contribution in [0.1, 0.15) is 46.8 Å². The highest BCUT2D eigenvalue weighted by Crippen LogP contribution is 2.33. The topological polar surface area (TPSA) is 29.1 Å². The highest BCUT2D eigenvalue weighted by Gasteiger charge is 2.35. The molecule has 0 aromatic heterocycles. The fraction of sp³-hybridized carbons (Fsp3) is 0.278. The van der Waals surface area contributed by atoms with E-state index >= 15 is 0 Å². The third kappa shape index (κ3) is 3.73. The Bertz CT molecular complexity index is 720. The van der Waals surface area contributed by atoms with E-state index in [1.807, 2.05) is 39.0 Å². The molecule has 0 bridgehead atoms. The zero-order valence-corrected chi connectivity index (χ0v) is 13.2. The molecule has 5 heteroatoms. The highest BCUT2D eigenvalue weighted by molar-refractivity contribution is 6.06. The van der Waals surface area contributed by atoms with Crippen molar-refractivity contribution in [1.82, 2.24) is 0 Å². The number of carbonyl (C=O) groups is 1. The molecule has 1 amide bonds. The summed E-state index contributed by atoms with van der Waals surface area (Å²) in [6, 6.07) is 10.3. The van der Waals surface area contributed by atoms with Gasteiger partial charge in [-0.05, 0) is 36.1 Å². The van der Waals surface area contributed by atoms with Gasteiger partial charge in [-0.3, -0.25) is 4.79 Å². The van der Waals surface area contributed by atoms with Gasteiger partial charge in [0.15, 0.2) is 0 Å². The smallest absolute Gasteiger partial charge is 0.321 e. The molecular weight excluding hydrogens is 303 g/mol. The van der Waals surface area contributed by atoms with Crippen LogP contribution in [0.4, 0.5) is 18.9 Å². The fourth-order valence-corrected chi connectivity index (χ4v) is 2.45. The average molecular weight is 321 g/mol. The molecule has 0 unspecified atom stereocenters. The van der Waals surface area contributed by atoms with Gasteiger partial charge in [0.1, 0.15) is 0 Å². The number of para-hydroxylation sites is 1. The standard InChI is InChI=1S/C18H18F3NO/c1-11(2)13-9-6-7-12(3)16(13)22-17(23)14-8-4-5-10-15(14)18(19,20)21/h4-11H,1-3H3,(H,22,23). The van der Waals surface area contributed by atoms with Gasteiger partial charge in [0.2, 0.25) is 0 Å². The monoisotopic (exact) mass is 321 g/mol. The first-order chi connectivity index (χ1) is 10.7. The van der Waals surface area contributed by atoms with Gasteiger partial charge >= 0.3 is 6.18 Å². The number of carbonyl (C=O) groups excluding carboxylic acids is 1. The molecule has 0 aliphatic rings. The maximum absolute atomic E-state index is 13.1. The Labute approximate surface area is 133 Å². The van der Waals surface area contributed by atoms with E-state index in [1.165, 1.54) is 18.2 Å². The van der Waals surface area contributed by atoms with Gasteiger partial charge in [-0.15, -0.1) is 0 Å². The van der Waals surface area contributed by atoms with Gasteiger partial charge in [0.25, 0.3) is 5.91 Å². The second-order valence-electron chi connectivity index (χ2n) is 5.69. The molecule has 0 saturated carbocycles. The van der Waals surface area contributed by atoms with Crippen molar-refractivity contribution < 1.29 is 18.0 Å². The molecule has 0 atom stereocenters. The summed E-state index contributed by atoms with van der Waals surface area (Å²) in [7, 11) is 0. The number of hydrogen-bond acceptors (Lipinski definition) is 1. The first kappa shape index (κ1) is 17.1. The maximum Gasteiger partial charge on any atom is 0.417 e. The lowest BCUT2D eigenvalue weighted by atomic mass is 9.97. The van der Waals surface area contributed by atoms with Crippen molar-refractivity contribution in [3.05, 3.63) is 64.7 Å². The Balaban J connectivity index is 2.42. The molecule has 1 N–H and O–H groups in total. The Morgan fingerprint density at radius 2 is 1.70 bits per heavy atom. The summed E-state index contributed by atoms with van der Waals surface area (Å²) in [5, 5.41) is 2.65. The molecular formula is C18H18F3NO. The van der Waals surface area contributed by atoms with Crippen LogP contribution < -0.4 is 5.32 Å². The first-order valence-electron chi connectivity index (χ1n) is 7.29. The van der Waals surface area contributed by atoms with Crippen molar-refractivity contribution in [1.29, 1.82) is 0 Å². The number of rotatable bonds is 3. The van der Waals surface area contributed by atoms with Gasteiger partial charge in [-0.1, -0.05) is 44.2 Å². The molecule has 0 heterocycles. The number of benzene rings is 2. The predicted molar refractivity (Wildman–Crippen MR) is 84.7 cm³/mol. The Morgan fingerprint density at radius 3 is 2.30 bits per heavy atom. The van der Waals surface area contributed by atoms with Gasteiger partial charge in [0.05, 0.1) is 11.1 Å². The predicted octanol–water partition coefficient (Wildman–Crippen LogP) is 5.39. The van der Waals surface area contributed by atoms with Crippen molar-refractivity contribution in [2.75, 3.05) is 5.32 Å². The average Bonchev–Trinajstić information content (AvgIpc) is 2.48. The molecule has 2 rings (SSSR count). The molecule has 2 aromatic rings. The van der Waals surface area contributed by atoms with E-state index in [0.717, 1.165) is 17.2 Å². The lowest BCUT2D eigenvalue weighted by Crippen LogP contribution is -2.20. The number of alkyl halides is 3. The van der Waals surface area contributed by atoms with Gasteiger partial charge in [-0.25, -0.2) is 0 Å². The number of aryl methyl sites for hydroxylation is 1. The summed E-state index contributed by atoms with van der Waals surface area (Å²) >= 11 is 0. The molecule has 0 aliphatic carbocycles. The molecule has 0 spiro atoms. The Kier molecular flexibility index (Phi) is 4.78. The number of amides is 1. The number of hydrogen-bond donors (Lipinski definition) is 1. The zero-order valence-electron chi connectivity index (χ0n) is 13.2. The Hall–Kier alpha value is -2.30. The molecule has 0 fully saturated rings. The van der Waals surface area contributed by atoms with Crippen molar-refractivity contribution in [2.24, 2.45) is 0 Å². The minimum Gasteiger partial charge on any atom is -0.321 e. The van der Waals surface area contributed by atoms with E-state index in [9.17, 15) is 18.0 Å². The van der Waals surface area contributed by atoms with Crippen LogP contribution in [0.2, 0.25) is 0 Å². The Morgan fingerprint density at radius 1 is 1.04 bits per heavy atom. The van der Waals surface area contributed by atoms with Crippen LogP contribution in [0.5, 0.6) is 0 Å². The van der Waals surface area contributed by atoms with E-state index in [-0.39, 0.29) is 11.5 Å². The second-order valence-corrected chi connectivity index (χ2v) is 5.69. The maximum atomic E-state index is 13.1. The minimum atomic E-state index is -4.57. The molecule has 0 saturated heterocycles. The lowest BCUT2D eigenvalue weighted by Gasteiger charge is -2.18. The summed E-state index contributed by atoms with van der Waals surface area (Å²) in [5.41, 5.74) is 0.969. The van der Waals surface area contributed by atoms with Crippen molar-refractivity contribution in [3.8, 4) is 0 Å². The molecule has 0 radical (unpaired) electrons. The molecule has 0 aliphatic heterocycles. The molecule has 23 heavy (non-hydrogen) atoms. The van der Waals surface area contributed by atoms with Crippen LogP contribution >= 0.6 is 0 Å². The zero-order chi connectivity index (χ0) is 17.2. The summed E-state index contributed by atoms with van der Waals surface area (Å²) in [6.45, 7) is 5.75. The van der Waals surface area contributed by atoms with Gasteiger partial charge in [0, 0.05) is 5.69 Å². The van der Waals surface area contributed by atoms with E-state index in [4.69, 9.17) is 0 Å². The summed E-state index contributed by atoms with van der Waals surface area (Å²) < 4.78 is 39.2.